The van der Waals surface area contributed by atoms with Crippen molar-refractivity contribution in [2.45, 2.75) is 30.2 Å². The Bertz CT molecular complexity index is 611. The largest absolute Gasteiger partial charge is 0.381 e. The summed E-state index contributed by atoms with van der Waals surface area (Å²) >= 11 is 0. The summed E-state index contributed by atoms with van der Waals surface area (Å²) < 4.78 is 29.8. The van der Waals surface area contributed by atoms with Crippen molar-refractivity contribution in [2.75, 3.05) is 25.5 Å². The van der Waals surface area contributed by atoms with E-state index in [1.165, 1.54) is 24.3 Å². The van der Waals surface area contributed by atoms with Gasteiger partial charge in [0.25, 0.3) is 0 Å². The molecule has 0 radical (unpaired) electrons. The second kappa shape index (κ2) is 6.56. The number of rotatable bonds is 5. The molecule has 0 unspecified atom stereocenters. The monoisotopic (exact) mass is 308 g/mol. The average Bonchev–Trinajstić information content (AvgIpc) is 2.47. The Morgan fingerprint density at radius 1 is 1.29 bits per heavy atom. The van der Waals surface area contributed by atoms with Gasteiger partial charge < -0.3 is 10.1 Å². The number of hydrogen-bond acceptors (Lipinski definition) is 5. The van der Waals surface area contributed by atoms with Gasteiger partial charge in [-0.05, 0) is 44.0 Å². The predicted octanol–water partition coefficient (Wildman–Crippen LogP) is 1.49. The Kier molecular flexibility index (Phi) is 4.99. The van der Waals surface area contributed by atoms with Gasteiger partial charge in [-0.15, -0.1) is 0 Å². The number of nitriles is 1. The smallest absolute Gasteiger partial charge is 0.179 e. The van der Waals surface area contributed by atoms with Gasteiger partial charge in [0.1, 0.15) is 0 Å². The summed E-state index contributed by atoms with van der Waals surface area (Å²) in [4.78, 5) is 0.264. The lowest BCUT2D eigenvalue weighted by atomic mass is 9.93. The molecule has 114 valence electrons. The van der Waals surface area contributed by atoms with Crippen molar-refractivity contribution in [3.05, 3.63) is 29.8 Å². The van der Waals surface area contributed by atoms with Crippen molar-refractivity contribution in [3.8, 4) is 6.07 Å². The third-order valence-corrected chi connectivity index (χ3v) is 5.59. The number of sulfone groups is 1. The number of ether oxygens (including phenoxy) is 1. The van der Waals surface area contributed by atoms with Crippen LogP contribution in [0.2, 0.25) is 0 Å². The molecule has 5 nitrogen and oxygen atoms in total. The van der Waals surface area contributed by atoms with Gasteiger partial charge in [-0.25, -0.2) is 8.42 Å². The fraction of sp³-hybridized carbons (Fsp3) is 0.533. The van der Waals surface area contributed by atoms with Crippen molar-refractivity contribution in [1.29, 1.82) is 5.26 Å². The summed E-state index contributed by atoms with van der Waals surface area (Å²) in [7, 11) is -3.32. The fourth-order valence-electron chi connectivity index (χ4n) is 2.34. The van der Waals surface area contributed by atoms with Crippen molar-refractivity contribution < 1.29 is 13.2 Å². The molecule has 0 spiro atoms. The Balaban J connectivity index is 1.93. The quantitative estimate of drug-likeness (QED) is 0.891. The van der Waals surface area contributed by atoms with E-state index in [0.29, 0.717) is 25.3 Å². The van der Waals surface area contributed by atoms with E-state index in [9.17, 15) is 8.42 Å². The molecule has 0 aliphatic carbocycles. The number of nitrogens with zero attached hydrogens (tertiary/aromatic N) is 1. The highest BCUT2D eigenvalue weighted by molar-refractivity contribution is 7.91. The maximum Gasteiger partial charge on any atom is 0.179 e. The molecule has 0 aromatic heterocycles. The van der Waals surface area contributed by atoms with E-state index in [1.54, 1.807) is 0 Å². The maximum absolute atomic E-state index is 12.2. The maximum atomic E-state index is 12.2. The first-order valence-electron chi connectivity index (χ1n) is 7.01. The molecule has 0 bridgehead atoms. The van der Waals surface area contributed by atoms with Crippen LogP contribution in [0.3, 0.4) is 0 Å². The molecule has 1 aliphatic rings. The first-order chi connectivity index (χ1) is 9.95. The van der Waals surface area contributed by atoms with E-state index < -0.39 is 9.84 Å². The molecule has 0 saturated carbocycles. The summed E-state index contributed by atoms with van der Waals surface area (Å²) in [6.45, 7) is 3.94. The minimum absolute atomic E-state index is 0.0432. The lowest BCUT2D eigenvalue weighted by molar-refractivity contribution is 0.0461. The van der Waals surface area contributed by atoms with E-state index in [0.717, 1.165) is 12.8 Å². The molecular formula is C15H20N2O3S. The van der Waals surface area contributed by atoms with Crippen LogP contribution in [-0.4, -0.2) is 39.5 Å². The van der Waals surface area contributed by atoms with Crippen LogP contribution in [-0.2, 0) is 14.6 Å². The Morgan fingerprint density at radius 2 is 1.90 bits per heavy atom. The van der Waals surface area contributed by atoms with E-state index >= 15 is 0 Å². The highest BCUT2D eigenvalue weighted by atomic mass is 32.2. The highest BCUT2D eigenvalue weighted by Gasteiger charge is 2.27. The number of hydrogen-bond donors (Lipinski definition) is 1. The van der Waals surface area contributed by atoms with Crippen molar-refractivity contribution in [2.24, 2.45) is 0 Å². The molecule has 1 fully saturated rings. The minimum Gasteiger partial charge on any atom is -0.381 e. The Labute approximate surface area is 125 Å². The zero-order valence-electron chi connectivity index (χ0n) is 12.1. The molecular weight excluding hydrogens is 288 g/mol. The summed E-state index contributed by atoms with van der Waals surface area (Å²) in [5.74, 6) is 0.0509. The molecule has 1 saturated heterocycles. The zero-order chi connectivity index (χ0) is 15.3. The third kappa shape index (κ3) is 4.27. The minimum atomic E-state index is -3.32. The molecule has 1 aromatic carbocycles. The van der Waals surface area contributed by atoms with Gasteiger partial charge in [-0.2, -0.15) is 5.26 Å². The van der Waals surface area contributed by atoms with Crippen LogP contribution in [0.15, 0.2) is 29.2 Å². The van der Waals surface area contributed by atoms with Gasteiger partial charge in [-0.3, -0.25) is 0 Å². The number of nitrogens with one attached hydrogen (secondary N) is 1. The molecule has 2 rings (SSSR count). The number of benzene rings is 1. The van der Waals surface area contributed by atoms with Gasteiger partial charge in [0.2, 0.25) is 0 Å². The van der Waals surface area contributed by atoms with E-state index in [-0.39, 0.29) is 16.2 Å². The van der Waals surface area contributed by atoms with Crippen LogP contribution in [0, 0.1) is 11.3 Å². The van der Waals surface area contributed by atoms with E-state index in [4.69, 9.17) is 10.00 Å². The lowest BCUT2D eigenvalue weighted by Gasteiger charge is -2.34. The van der Waals surface area contributed by atoms with Gasteiger partial charge in [0.15, 0.2) is 9.84 Å². The molecule has 21 heavy (non-hydrogen) atoms. The van der Waals surface area contributed by atoms with Crippen LogP contribution in [0.1, 0.15) is 25.3 Å². The Morgan fingerprint density at radius 3 is 2.48 bits per heavy atom. The Hall–Kier alpha value is -1.42. The van der Waals surface area contributed by atoms with E-state index in [2.05, 4.69) is 12.2 Å². The highest BCUT2D eigenvalue weighted by Crippen LogP contribution is 2.19. The average molecular weight is 308 g/mol. The third-order valence-electron chi connectivity index (χ3n) is 3.86. The van der Waals surface area contributed by atoms with Crippen LogP contribution < -0.4 is 5.32 Å². The summed E-state index contributed by atoms with van der Waals surface area (Å²) in [6, 6.07) is 8.01. The van der Waals surface area contributed by atoms with E-state index in [1.807, 2.05) is 6.07 Å². The van der Waals surface area contributed by atoms with Crippen molar-refractivity contribution in [1.82, 2.24) is 5.32 Å². The fourth-order valence-corrected chi connectivity index (χ4v) is 3.50. The van der Waals surface area contributed by atoms with Crippen molar-refractivity contribution >= 4 is 9.84 Å². The van der Waals surface area contributed by atoms with Gasteiger partial charge in [-0.1, -0.05) is 0 Å². The molecule has 1 N–H and O–H groups in total. The second-order valence-corrected chi connectivity index (χ2v) is 7.66. The van der Waals surface area contributed by atoms with Crippen molar-refractivity contribution in [3.63, 3.8) is 0 Å². The van der Waals surface area contributed by atoms with Crippen LogP contribution in [0.25, 0.3) is 0 Å². The molecule has 6 heteroatoms. The molecule has 0 amide bonds. The lowest BCUT2D eigenvalue weighted by Crippen LogP contribution is -2.48. The second-order valence-electron chi connectivity index (χ2n) is 5.55. The van der Waals surface area contributed by atoms with Crippen LogP contribution in [0.4, 0.5) is 0 Å². The summed E-state index contributed by atoms with van der Waals surface area (Å²) in [6.07, 6.45) is 1.79. The predicted molar refractivity (Wildman–Crippen MR) is 79.7 cm³/mol. The molecule has 1 heterocycles. The summed E-state index contributed by atoms with van der Waals surface area (Å²) in [5.41, 5.74) is 0.417. The van der Waals surface area contributed by atoms with Gasteiger partial charge >= 0.3 is 0 Å². The van der Waals surface area contributed by atoms with Crippen LogP contribution >= 0.6 is 0 Å². The molecule has 0 atom stereocenters. The normalized spacial score (nSPS) is 18.1. The summed E-state index contributed by atoms with van der Waals surface area (Å²) in [5, 5.41) is 12.1. The first kappa shape index (κ1) is 16.0. The zero-order valence-corrected chi connectivity index (χ0v) is 12.9. The standard InChI is InChI=1S/C15H20N2O3S/c1-15(6-9-20-10-7-15)17-8-11-21(18,19)14-4-2-13(12-16)3-5-14/h2-5,17H,6-11H2,1H3. The molecule has 1 aromatic rings. The van der Waals surface area contributed by atoms with Gasteiger partial charge in [0.05, 0.1) is 22.3 Å². The van der Waals surface area contributed by atoms with Gasteiger partial charge in [0, 0.05) is 25.3 Å². The topological polar surface area (TPSA) is 79.2 Å². The van der Waals surface area contributed by atoms with Crippen LogP contribution in [0.5, 0.6) is 0 Å². The first-order valence-corrected chi connectivity index (χ1v) is 8.66. The molecule has 1 aliphatic heterocycles. The SMILES string of the molecule is CC1(NCCS(=O)(=O)c2ccc(C#N)cc2)CCOCC1.